The summed E-state index contributed by atoms with van der Waals surface area (Å²) in [7, 11) is 0. The molecule has 0 radical (unpaired) electrons. The molecule has 5 nitrogen and oxygen atoms in total. The minimum absolute atomic E-state index is 0.147. The van der Waals surface area contributed by atoms with Gasteiger partial charge in [0.25, 0.3) is 5.88 Å². The number of ether oxygens (including phenoxy) is 1. The second kappa shape index (κ2) is 4.02. The second-order valence-corrected chi connectivity index (χ2v) is 2.99. The first kappa shape index (κ1) is 9.70. The number of carbonyl (C=O) groups excluding carboxylic acids is 1. The summed E-state index contributed by atoms with van der Waals surface area (Å²) in [5.41, 5.74) is 0. The standard InChI is InChI=1S/C8H13N3O2/c1-4-11-5-7(9-10-11)13-8(12)6(2)3/h5-6H,4H2,1-3H3. The maximum absolute atomic E-state index is 11.1. The van der Waals surface area contributed by atoms with Crippen molar-refractivity contribution in [2.75, 3.05) is 0 Å². The van der Waals surface area contributed by atoms with Gasteiger partial charge in [-0.25, -0.2) is 4.68 Å². The summed E-state index contributed by atoms with van der Waals surface area (Å²) in [6.45, 7) is 6.19. The van der Waals surface area contributed by atoms with E-state index in [1.165, 1.54) is 0 Å². The fourth-order valence-electron chi connectivity index (χ4n) is 0.703. The zero-order valence-corrected chi connectivity index (χ0v) is 8.02. The van der Waals surface area contributed by atoms with E-state index in [0.717, 1.165) is 0 Å². The van der Waals surface area contributed by atoms with E-state index in [2.05, 4.69) is 10.3 Å². The van der Waals surface area contributed by atoms with Gasteiger partial charge in [0, 0.05) is 6.54 Å². The van der Waals surface area contributed by atoms with E-state index in [9.17, 15) is 4.79 Å². The van der Waals surface area contributed by atoms with Gasteiger partial charge in [-0.15, -0.1) is 0 Å². The third kappa shape index (κ3) is 2.54. The molecule has 1 aromatic heterocycles. The van der Waals surface area contributed by atoms with Gasteiger partial charge in [0.05, 0.1) is 12.1 Å². The normalized spacial score (nSPS) is 10.5. The molecule has 0 saturated heterocycles. The Balaban J connectivity index is 2.59. The minimum atomic E-state index is -0.289. The molecule has 0 fully saturated rings. The molecule has 13 heavy (non-hydrogen) atoms. The fourth-order valence-corrected chi connectivity index (χ4v) is 0.703. The molecule has 1 rings (SSSR count). The van der Waals surface area contributed by atoms with Crippen LogP contribution in [0.3, 0.4) is 0 Å². The molecule has 1 heterocycles. The number of rotatable bonds is 3. The minimum Gasteiger partial charge on any atom is -0.404 e. The predicted octanol–water partition coefficient (Wildman–Crippen LogP) is 0.859. The summed E-state index contributed by atoms with van der Waals surface area (Å²) in [4.78, 5) is 11.1. The van der Waals surface area contributed by atoms with Gasteiger partial charge in [-0.3, -0.25) is 4.79 Å². The van der Waals surface area contributed by atoms with Crippen molar-refractivity contribution in [3.8, 4) is 5.88 Å². The molecule has 0 unspecified atom stereocenters. The molecule has 0 aromatic carbocycles. The van der Waals surface area contributed by atoms with E-state index in [-0.39, 0.29) is 17.8 Å². The van der Waals surface area contributed by atoms with Crippen LogP contribution < -0.4 is 4.74 Å². The monoisotopic (exact) mass is 183 g/mol. The Morgan fingerprint density at radius 2 is 2.38 bits per heavy atom. The molecule has 5 heteroatoms. The average Bonchev–Trinajstić information content (AvgIpc) is 2.52. The van der Waals surface area contributed by atoms with Gasteiger partial charge in [0.1, 0.15) is 0 Å². The number of esters is 1. The average molecular weight is 183 g/mol. The van der Waals surface area contributed by atoms with Gasteiger partial charge in [-0.1, -0.05) is 24.2 Å². The molecule has 0 aliphatic carbocycles. The number of nitrogens with zero attached hydrogens (tertiary/aromatic N) is 3. The van der Waals surface area contributed by atoms with E-state index in [0.29, 0.717) is 6.54 Å². The van der Waals surface area contributed by atoms with E-state index >= 15 is 0 Å². The maximum atomic E-state index is 11.1. The lowest BCUT2D eigenvalue weighted by molar-refractivity contribution is -0.138. The highest BCUT2D eigenvalue weighted by molar-refractivity contribution is 5.73. The van der Waals surface area contributed by atoms with Crippen LogP contribution in [0, 0.1) is 5.92 Å². The zero-order chi connectivity index (χ0) is 9.84. The van der Waals surface area contributed by atoms with Crippen LogP contribution >= 0.6 is 0 Å². The van der Waals surface area contributed by atoms with Gasteiger partial charge < -0.3 is 4.74 Å². The van der Waals surface area contributed by atoms with Gasteiger partial charge >= 0.3 is 5.97 Å². The van der Waals surface area contributed by atoms with Crippen LogP contribution in [0.1, 0.15) is 20.8 Å². The second-order valence-electron chi connectivity index (χ2n) is 2.99. The highest BCUT2D eigenvalue weighted by Gasteiger charge is 2.11. The first-order chi connectivity index (χ1) is 6.13. The highest BCUT2D eigenvalue weighted by Crippen LogP contribution is 2.06. The van der Waals surface area contributed by atoms with Crippen LogP contribution in [-0.4, -0.2) is 21.0 Å². The first-order valence-electron chi connectivity index (χ1n) is 4.25. The number of hydrogen-bond donors (Lipinski definition) is 0. The zero-order valence-electron chi connectivity index (χ0n) is 8.02. The third-order valence-corrected chi connectivity index (χ3v) is 1.52. The molecule has 0 saturated carbocycles. The van der Waals surface area contributed by atoms with E-state index in [4.69, 9.17) is 4.74 Å². The lowest BCUT2D eigenvalue weighted by Gasteiger charge is -2.01. The van der Waals surface area contributed by atoms with Gasteiger partial charge in [-0.2, -0.15) is 0 Å². The summed E-state index contributed by atoms with van der Waals surface area (Å²) in [5.74, 6) is -0.171. The Bertz CT molecular complexity index is 293. The van der Waals surface area contributed by atoms with Crippen molar-refractivity contribution in [2.24, 2.45) is 5.92 Å². The summed E-state index contributed by atoms with van der Waals surface area (Å²) >= 11 is 0. The van der Waals surface area contributed by atoms with Crippen molar-refractivity contribution in [2.45, 2.75) is 27.3 Å². The highest BCUT2D eigenvalue weighted by atomic mass is 16.5. The lowest BCUT2D eigenvalue weighted by Crippen LogP contribution is -2.14. The van der Waals surface area contributed by atoms with Gasteiger partial charge in [0.15, 0.2) is 0 Å². The predicted molar refractivity (Wildman–Crippen MR) is 46.2 cm³/mol. The molecule has 1 aromatic rings. The maximum Gasteiger partial charge on any atom is 0.315 e. The Hall–Kier alpha value is -1.39. The number of carbonyl (C=O) groups is 1. The Kier molecular flexibility index (Phi) is 3.00. The molecule has 0 bridgehead atoms. The quantitative estimate of drug-likeness (QED) is 0.652. The van der Waals surface area contributed by atoms with E-state index in [1.807, 2.05) is 6.92 Å². The van der Waals surface area contributed by atoms with E-state index in [1.54, 1.807) is 24.7 Å². The molecule has 0 N–H and O–H groups in total. The molecule has 0 amide bonds. The van der Waals surface area contributed by atoms with Crippen molar-refractivity contribution >= 4 is 5.97 Å². The van der Waals surface area contributed by atoms with Crippen LogP contribution in [0.15, 0.2) is 6.20 Å². The number of aryl methyl sites for hydroxylation is 1. The first-order valence-corrected chi connectivity index (χ1v) is 4.25. The summed E-state index contributed by atoms with van der Waals surface area (Å²) < 4.78 is 6.53. The lowest BCUT2D eigenvalue weighted by atomic mass is 10.2. The van der Waals surface area contributed by atoms with Crippen LogP contribution in [0.4, 0.5) is 0 Å². The van der Waals surface area contributed by atoms with Crippen LogP contribution in [0.2, 0.25) is 0 Å². The van der Waals surface area contributed by atoms with Crippen LogP contribution in [-0.2, 0) is 11.3 Å². The topological polar surface area (TPSA) is 57.0 Å². The fraction of sp³-hybridized carbons (Fsp3) is 0.625. The molecular formula is C8H13N3O2. The summed E-state index contributed by atoms with van der Waals surface area (Å²) in [6.07, 6.45) is 1.60. The Morgan fingerprint density at radius 3 is 2.85 bits per heavy atom. The van der Waals surface area contributed by atoms with Crippen molar-refractivity contribution in [3.63, 3.8) is 0 Å². The third-order valence-electron chi connectivity index (χ3n) is 1.52. The van der Waals surface area contributed by atoms with Crippen LogP contribution in [0.5, 0.6) is 5.88 Å². The molecule has 0 spiro atoms. The van der Waals surface area contributed by atoms with Crippen LogP contribution in [0.25, 0.3) is 0 Å². The number of hydrogen-bond acceptors (Lipinski definition) is 4. The van der Waals surface area contributed by atoms with Gasteiger partial charge in [-0.05, 0) is 6.92 Å². The molecule has 0 aliphatic heterocycles. The molecule has 0 aliphatic rings. The molecular weight excluding hydrogens is 170 g/mol. The summed E-state index contributed by atoms with van der Waals surface area (Å²) in [5, 5.41) is 7.42. The summed E-state index contributed by atoms with van der Waals surface area (Å²) in [6, 6.07) is 0. The SMILES string of the molecule is CCn1cc(OC(=O)C(C)C)nn1. The van der Waals surface area contributed by atoms with Crippen molar-refractivity contribution < 1.29 is 9.53 Å². The Labute approximate surface area is 76.7 Å². The van der Waals surface area contributed by atoms with Crippen molar-refractivity contribution in [3.05, 3.63) is 6.20 Å². The smallest absolute Gasteiger partial charge is 0.315 e. The van der Waals surface area contributed by atoms with Crippen molar-refractivity contribution in [1.82, 2.24) is 15.0 Å². The molecule has 72 valence electrons. The Morgan fingerprint density at radius 1 is 1.69 bits per heavy atom. The molecule has 0 atom stereocenters. The number of aromatic nitrogens is 3. The van der Waals surface area contributed by atoms with E-state index < -0.39 is 0 Å². The van der Waals surface area contributed by atoms with Crippen molar-refractivity contribution in [1.29, 1.82) is 0 Å². The largest absolute Gasteiger partial charge is 0.404 e. The van der Waals surface area contributed by atoms with Gasteiger partial charge in [0.2, 0.25) is 0 Å².